The molecule has 2 saturated carbocycles. The van der Waals surface area contributed by atoms with E-state index in [0.717, 1.165) is 32.2 Å². The Morgan fingerprint density at radius 2 is 1.19 bits per heavy atom. The molecule has 2 aliphatic carbocycles. The molecule has 0 amide bonds. The monoisotopic (exact) mass is 367 g/mol. The van der Waals surface area contributed by atoms with Crippen molar-refractivity contribution in [2.45, 2.75) is 99.3 Å². The molecule has 2 aliphatic rings. The first kappa shape index (κ1) is 22.2. The zero-order chi connectivity index (χ0) is 19.9. The van der Waals surface area contributed by atoms with E-state index in [4.69, 9.17) is 0 Å². The maximum absolute atomic E-state index is 10.6. The van der Waals surface area contributed by atoms with Gasteiger partial charge in [0.25, 0.3) is 0 Å². The van der Waals surface area contributed by atoms with Gasteiger partial charge in [-0.15, -0.1) is 0 Å². The summed E-state index contributed by atoms with van der Waals surface area (Å²) in [7, 11) is 0. The lowest BCUT2D eigenvalue weighted by atomic mass is 9.64. The topological polar surface area (TPSA) is 52.5 Å². The predicted molar refractivity (Wildman–Crippen MR) is 110 cm³/mol. The van der Waals surface area contributed by atoms with Crippen LogP contribution in [0.25, 0.3) is 0 Å². The SMILES string of the molecule is CC1CC(O)C(C(C)(C)C)CC1CNC1CC(C(C)(C)C)C(O)CC1C. The minimum absolute atomic E-state index is 0.152. The second-order valence-electron chi connectivity index (χ2n) is 11.8. The van der Waals surface area contributed by atoms with E-state index in [0.29, 0.717) is 35.6 Å². The number of hydrogen-bond donors (Lipinski definition) is 3. The van der Waals surface area contributed by atoms with Gasteiger partial charge in [0.05, 0.1) is 12.2 Å². The van der Waals surface area contributed by atoms with Gasteiger partial charge in [-0.25, -0.2) is 0 Å². The minimum atomic E-state index is -0.169. The van der Waals surface area contributed by atoms with Gasteiger partial charge in [-0.2, -0.15) is 0 Å². The van der Waals surface area contributed by atoms with Crippen molar-refractivity contribution in [2.24, 2.45) is 40.4 Å². The third-order valence-corrected chi connectivity index (χ3v) is 7.58. The standard InChI is InChI=1S/C23H45NO2/c1-14-9-20(25)17(22(3,4)5)11-16(14)13-24-19-12-18(23(6,7)8)21(26)10-15(19)2/h14-21,24-26H,9-13H2,1-8H3. The third-order valence-electron chi connectivity index (χ3n) is 7.58. The Labute approximate surface area is 162 Å². The van der Waals surface area contributed by atoms with E-state index in [9.17, 15) is 10.2 Å². The molecule has 26 heavy (non-hydrogen) atoms. The number of aliphatic hydroxyl groups excluding tert-OH is 2. The number of nitrogens with one attached hydrogen (secondary N) is 1. The van der Waals surface area contributed by atoms with Crippen LogP contribution in [0.5, 0.6) is 0 Å². The van der Waals surface area contributed by atoms with E-state index in [-0.39, 0.29) is 23.0 Å². The Balaban J connectivity index is 1.98. The molecule has 0 bridgehead atoms. The smallest absolute Gasteiger partial charge is 0.0577 e. The van der Waals surface area contributed by atoms with E-state index < -0.39 is 0 Å². The van der Waals surface area contributed by atoms with Gasteiger partial charge in [0.15, 0.2) is 0 Å². The average Bonchev–Trinajstić information content (AvgIpc) is 2.45. The molecule has 3 N–H and O–H groups in total. The lowest BCUT2D eigenvalue weighted by Crippen LogP contribution is -2.51. The number of rotatable bonds is 3. The molecule has 2 fully saturated rings. The molecule has 8 atom stereocenters. The Bertz CT molecular complexity index is 408. The molecule has 0 radical (unpaired) electrons. The Hall–Kier alpha value is -0.120. The molecule has 0 saturated heterocycles. The maximum Gasteiger partial charge on any atom is 0.0577 e. The normalized spacial score (nSPS) is 42.7. The van der Waals surface area contributed by atoms with Gasteiger partial charge in [0.2, 0.25) is 0 Å². The van der Waals surface area contributed by atoms with Crippen molar-refractivity contribution >= 4 is 0 Å². The zero-order valence-corrected chi connectivity index (χ0v) is 18.5. The Morgan fingerprint density at radius 1 is 0.731 bits per heavy atom. The fourth-order valence-electron chi connectivity index (χ4n) is 5.56. The maximum atomic E-state index is 10.6. The van der Waals surface area contributed by atoms with Gasteiger partial charge >= 0.3 is 0 Å². The molecule has 0 aromatic carbocycles. The highest BCUT2D eigenvalue weighted by Gasteiger charge is 2.42. The molecule has 0 spiro atoms. The van der Waals surface area contributed by atoms with Crippen LogP contribution in [0.2, 0.25) is 0 Å². The van der Waals surface area contributed by atoms with Crippen LogP contribution in [-0.2, 0) is 0 Å². The highest BCUT2D eigenvalue weighted by molar-refractivity contribution is 4.95. The van der Waals surface area contributed by atoms with Crippen LogP contribution >= 0.6 is 0 Å². The summed E-state index contributed by atoms with van der Waals surface area (Å²) in [6.07, 6.45) is 3.69. The van der Waals surface area contributed by atoms with Crippen molar-refractivity contribution in [1.29, 1.82) is 0 Å². The van der Waals surface area contributed by atoms with Crippen molar-refractivity contribution < 1.29 is 10.2 Å². The van der Waals surface area contributed by atoms with Crippen LogP contribution in [0.15, 0.2) is 0 Å². The van der Waals surface area contributed by atoms with Crippen molar-refractivity contribution in [3.63, 3.8) is 0 Å². The lowest BCUT2D eigenvalue weighted by molar-refractivity contribution is -0.0362. The summed E-state index contributed by atoms with van der Waals surface area (Å²) in [4.78, 5) is 0. The molecule has 3 nitrogen and oxygen atoms in total. The van der Waals surface area contributed by atoms with E-state index >= 15 is 0 Å². The summed E-state index contributed by atoms with van der Waals surface area (Å²) in [5, 5.41) is 25.0. The molecule has 8 unspecified atom stereocenters. The first-order valence-corrected chi connectivity index (χ1v) is 10.9. The van der Waals surface area contributed by atoms with Crippen LogP contribution in [0.4, 0.5) is 0 Å². The quantitative estimate of drug-likeness (QED) is 0.690. The van der Waals surface area contributed by atoms with Gasteiger partial charge in [0, 0.05) is 6.04 Å². The number of hydrogen-bond acceptors (Lipinski definition) is 3. The average molecular weight is 368 g/mol. The molecule has 3 heteroatoms. The fraction of sp³-hybridized carbons (Fsp3) is 1.00. The first-order valence-electron chi connectivity index (χ1n) is 10.9. The van der Waals surface area contributed by atoms with E-state index in [1.165, 1.54) is 0 Å². The van der Waals surface area contributed by atoms with Crippen molar-refractivity contribution in [3.05, 3.63) is 0 Å². The van der Waals surface area contributed by atoms with Gasteiger partial charge < -0.3 is 15.5 Å². The summed E-state index contributed by atoms with van der Waals surface area (Å²) < 4.78 is 0. The molecule has 0 heterocycles. The van der Waals surface area contributed by atoms with Crippen molar-refractivity contribution in [3.8, 4) is 0 Å². The largest absolute Gasteiger partial charge is 0.393 e. The summed E-state index contributed by atoms with van der Waals surface area (Å²) in [5.74, 6) is 2.47. The predicted octanol–water partition coefficient (Wildman–Crippen LogP) is 4.47. The molecule has 0 aromatic rings. The second-order valence-corrected chi connectivity index (χ2v) is 11.8. The Morgan fingerprint density at radius 3 is 1.69 bits per heavy atom. The first-order chi connectivity index (χ1) is 11.8. The van der Waals surface area contributed by atoms with E-state index in [1.54, 1.807) is 0 Å². The Kier molecular flexibility index (Phi) is 6.90. The van der Waals surface area contributed by atoms with Crippen molar-refractivity contribution in [1.82, 2.24) is 5.32 Å². The molecular formula is C23H45NO2. The minimum Gasteiger partial charge on any atom is -0.393 e. The summed E-state index contributed by atoms with van der Waals surface area (Å²) >= 11 is 0. The van der Waals surface area contributed by atoms with Crippen molar-refractivity contribution in [2.75, 3.05) is 6.54 Å². The van der Waals surface area contributed by atoms with Gasteiger partial charge in [0.1, 0.15) is 0 Å². The molecular weight excluding hydrogens is 322 g/mol. The zero-order valence-electron chi connectivity index (χ0n) is 18.5. The summed E-state index contributed by atoms with van der Waals surface area (Å²) in [6.45, 7) is 19.2. The highest BCUT2D eigenvalue weighted by atomic mass is 16.3. The lowest BCUT2D eigenvalue weighted by Gasteiger charge is -2.46. The van der Waals surface area contributed by atoms with E-state index in [2.05, 4.69) is 60.7 Å². The van der Waals surface area contributed by atoms with Gasteiger partial charge in [-0.05, 0) is 72.6 Å². The van der Waals surface area contributed by atoms with Crippen LogP contribution < -0.4 is 5.32 Å². The van der Waals surface area contributed by atoms with E-state index in [1.807, 2.05) is 0 Å². The molecule has 2 rings (SSSR count). The van der Waals surface area contributed by atoms with Crippen LogP contribution in [0.1, 0.15) is 81.1 Å². The molecule has 0 aliphatic heterocycles. The number of aliphatic hydroxyl groups is 2. The summed E-state index contributed by atoms with van der Waals surface area (Å²) in [5.41, 5.74) is 0.316. The van der Waals surface area contributed by atoms with Crippen LogP contribution in [0.3, 0.4) is 0 Å². The molecule has 154 valence electrons. The molecule has 0 aromatic heterocycles. The second kappa shape index (κ2) is 8.09. The van der Waals surface area contributed by atoms with Crippen LogP contribution in [0, 0.1) is 40.4 Å². The third kappa shape index (κ3) is 5.23. The van der Waals surface area contributed by atoms with Crippen LogP contribution in [-0.4, -0.2) is 35.0 Å². The summed E-state index contributed by atoms with van der Waals surface area (Å²) in [6, 6.07) is 0.495. The fourth-order valence-corrected chi connectivity index (χ4v) is 5.56. The van der Waals surface area contributed by atoms with Gasteiger partial charge in [-0.1, -0.05) is 55.4 Å². The highest BCUT2D eigenvalue weighted by Crippen LogP contribution is 2.43. The van der Waals surface area contributed by atoms with Gasteiger partial charge in [-0.3, -0.25) is 0 Å².